The molecule has 1 aromatic rings. The minimum atomic E-state index is -0.553. The van der Waals surface area contributed by atoms with Gasteiger partial charge in [-0.3, -0.25) is 9.59 Å². The Morgan fingerprint density at radius 1 is 1.55 bits per heavy atom. The molecule has 1 fully saturated rings. The predicted molar refractivity (Wildman–Crippen MR) is 66.6 cm³/mol. The molecule has 9 nitrogen and oxygen atoms in total. The average Bonchev–Trinajstić information content (AvgIpc) is 3.08. The monoisotopic (exact) mass is 283 g/mol. The molecule has 0 aliphatic carbocycles. The Labute approximate surface area is 115 Å². The van der Waals surface area contributed by atoms with Gasteiger partial charge in [0.15, 0.2) is 0 Å². The van der Waals surface area contributed by atoms with E-state index in [0.29, 0.717) is 5.89 Å². The first kappa shape index (κ1) is 14.4. The molecule has 1 aliphatic rings. The fourth-order valence-electron chi connectivity index (χ4n) is 1.85. The molecule has 0 aromatic carbocycles. The van der Waals surface area contributed by atoms with E-state index in [4.69, 9.17) is 15.0 Å². The molecule has 1 aliphatic heterocycles. The van der Waals surface area contributed by atoms with Crippen molar-refractivity contribution in [2.45, 2.75) is 18.9 Å². The van der Waals surface area contributed by atoms with Crippen LogP contribution in [0.2, 0.25) is 0 Å². The van der Waals surface area contributed by atoms with Gasteiger partial charge < -0.3 is 25.6 Å². The van der Waals surface area contributed by atoms with E-state index in [2.05, 4.69) is 20.8 Å². The number of ether oxygens (including phenoxy) is 1. The van der Waals surface area contributed by atoms with Gasteiger partial charge in [-0.25, -0.2) is 0 Å². The van der Waals surface area contributed by atoms with Gasteiger partial charge in [0.1, 0.15) is 6.61 Å². The molecule has 2 amide bonds. The topological polar surface area (TPSA) is 132 Å². The van der Waals surface area contributed by atoms with Gasteiger partial charge in [-0.2, -0.15) is 4.98 Å². The van der Waals surface area contributed by atoms with Crippen LogP contribution in [0.5, 0.6) is 0 Å². The van der Waals surface area contributed by atoms with Crippen LogP contribution in [0.15, 0.2) is 4.52 Å². The maximum Gasteiger partial charge on any atom is 0.292 e. The number of nitrogens with two attached hydrogens (primary N) is 1. The summed E-state index contributed by atoms with van der Waals surface area (Å²) in [5, 5.41) is 9.39. The van der Waals surface area contributed by atoms with Crippen LogP contribution in [0.1, 0.15) is 35.4 Å². The first-order valence-corrected chi connectivity index (χ1v) is 6.38. The third-order valence-corrected chi connectivity index (χ3v) is 2.78. The van der Waals surface area contributed by atoms with Crippen molar-refractivity contribution >= 4 is 11.8 Å². The van der Waals surface area contributed by atoms with Crippen molar-refractivity contribution in [3.8, 4) is 0 Å². The van der Waals surface area contributed by atoms with E-state index >= 15 is 0 Å². The summed E-state index contributed by atoms with van der Waals surface area (Å²) >= 11 is 0. The largest absolute Gasteiger partial charge is 0.370 e. The second-order valence-corrected chi connectivity index (χ2v) is 4.38. The quantitative estimate of drug-likeness (QED) is 0.531. The van der Waals surface area contributed by atoms with Gasteiger partial charge >= 0.3 is 0 Å². The van der Waals surface area contributed by atoms with Crippen LogP contribution in [0, 0.1) is 0 Å². The number of hydrogen-bond acceptors (Lipinski definition) is 7. The number of rotatable bonds is 7. The van der Waals surface area contributed by atoms with Crippen molar-refractivity contribution in [2.75, 3.05) is 26.3 Å². The zero-order valence-electron chi connectivity index (χ0n) is 10.9. The molecular formula is C11H17N5O4. The molecule has 1 unspecified atom stereocenters. The second kappa shape index (κ2) is 6.96. The summed E-state index contributed by atoms with van der Waals surface area (Å²) in [5.74, 6) is -0.579. The highest BCUT2D eigenvalue weighted by atomic mass is 16.5. The van der Waals surface area contributed by atoms with E-state index in [1.54, 1.807) is 0 Å². The lowest BCUT2D eigenvalue weighted by atomic mass is 10.2. The minimum absolute atomic E-state index is 0.0106. The fourth-order valence-corrected chi connectivity index (χ4v) is 1.85. The van der Waals surface area contributed by atoms with Crippen molar-refractivity contribution in [3.05, 3.63) is 11.7 Å². The molecule has 4 N–H and O–H groups in total. The molecule has 2 heterocycles. The smallest absolute Gasteiger partial charge is 0.292 e. The van der Waals surface area contributed by atoms with E-state index in [-0.39, 0.29) is 31.6 Å². The minimum Gasteiger partial charge on any atom is -0.370 e. The average molecular weight is 283 g/mol. The lowest BCUT2D eigenvalue weighted by Gasteiger charge is -2.03. The van der Waals surface area contributed by atoms with E-state index in [9.17, 15) is 9.59 Å². The number of carbonyl (C=O) groups is 2. The van der Waals surface area contributed by atoms with Crippen LogP contribution < -0.4 is 16.4 Å². The first-order chi connectivity index (χ1) is 9.66. The molecule has 1 aromatic heterocycles. The summed E-state index contributed by atoms with van der Waals surface area (Å²) in [6.45, 7) is 1.16. The molecule has 1 saturated heterocycles. The summed E-state index contributed by atoms with van der Waals surface area (Å²) in [6, 6.07) is 0.0305. The zero-order chi connectivity index (χ0) is 14.4. The van der Waals surface area contributed by atoms with E-state index < -0.39 is 11.8 Å². The molecule has 0 spiro atoms. The molecule has 20 heavy (non-hydrogen) atoms. The van der Waals surface area contributed by atoms with Gasteiger partial charge in [0.25, 0.3) is 11.7 Å². The Morgan fingerprint density at radius 2 is 2.40 bits per heavy atom. The van der Waals surface area contributed by atoms with Crippen LogP contribution >= 0.6 is 0 Å². The maximum absolute atomic E-state index is 11.7. The Balaban J connectivity index is 1.73. The zero-order valence-corrected chi connectivity index (χ0v) is 10.9. The van der Waals surface area contributed by atoms with Gasteiger partial charge in [-0.1, -0.05) is 5.16 Å². The van der Waals surface area contributed by atoms with Gasteiger partial charge in [0.2, 0.25) is 11.8 Å². The number of amides is 2. The Bertz CT molecular complexity index is 469. The van der Waals surface area contributed by atoms with Crippen LogP contribution in [0.25, 0.3) is 0 Å². The normalized spacial score (nSPS) is 18.1. The highest BCUT2D eigenvalue weighted by molar-refractivity contribution is 5.90. The second-order valence-electron chi connectivity index (χ2n) is 4.38. The first-order valence-electron chi connectivity index (χ1n) is 6.38. The summed E-state index contributed by atoms with van der Waals surface area (Å²) in [7, 11) is 0. The lowest BCUT2D eigenvalue weighted by Crippen LogP contribution is -2.29. The molecule has 0 saturated carbocycles. The number of hydrogen-bond donors (Lipinski definition) is 3. The lowest BCUT2D eigenvalue weighted by molar-refractivity contribution is -0.122. The van der Waals surface area contributed by atoms with Crippen molar-refractivity contribution in [3.63, 3.8) is 0 Å². The van der Waals surface area contributed by atoms with Crippen molar-refractivity contribution in [1.82, 2.24) is 20.8 Å². The van der Waals surface area contributed by atoms with E-state index in [1.807, 2.05) is 0 Å². The molecule has 0 radical (unpaired) electrons. The summed E-state index contributed by atoms with van der Waals surface area (Å²) in [6.07, 6.45) is 1.97. The van der Waals surface area contributed by atoms with Gasteiger partial charge in [-0.05, 0) is 19.4 Å². The highest BCUT2D eigenvalue weighted by Gasteiger charge is 2.24. The van der Waals surface area contributed by atoms with Crippen LogP contribution in [-0.4, -0.2) is 48.3 Å². The molecule has 9 heteroatoms. The number of nitrogens with one attached hydrogen (secondary N) is 2. The van der Waals surface area contributed by atoms with Gasteiger partial charge in [0, 0.05) is 6.54 Å². The Kier molecular flexibility index (Phi) is 5.02. The van der Waals surface area contributed by atoms with Crippen LogP contribution in [-0.2, 0) is 9.53 Å². The number of nitrogens with zero attached hydrogens (tertiary/aromatic N) is 2. The highest BCUT2D eigenvalue weighted by Crippen LogP contribution is 2.20. The molecule has 2 rings (SSSR count). The van der Waals surface area contributed by atoms with Crippen molar-refractivity contribution in [2.24, 2.45) is 5.73 Å². The molecule has 110 valence electrons. The predicted octanol–water partition coefficient (Wildman–Crippen LogP) is -1.27. The van der Waals surface area contributed by atoms with E-state index in [1.165, 1.54) is 0 Å². The van der Waals surface area contributed by atoms with Crippen molar-refractivity contribution < 1.29 is 18.8 Å². The molecule has 1 atom stereocenters. The van der Waals surface area contributed by atoms with Gasteiger partial charge in [0.05, 0.1) is 12.6 Å². The molecule has 0 bridgehead atoms. The summed E-state index contributed by atoms with van der Waals surface area (Å²) < 4.78 is 9.96. The Morgan fingerprint density at radius 3 is 3.10 bits per heavy atom. The van der Waals surface area contributed by atoms with Crippen LogP contribution in [0.4, 0.5) is 0 Å². The third kappa shape index (κ3) is 4.00. The number of primary amides is 1. The standard InChI is InChI=1S/C11H17N5O4/c12-8(17)6-19-5-4-14-10(18)9-15-11(20-16-9)7-2-1-3-13-7/h7,13H,1-6H2,(H2,12,17)(H,14,18). The van der Waals surface area contributed by atoms with E-state index in [0.717, 1.165) is 19.4 Å². The van der Waals surface area contributed by atoms with Crippen molar-refractivity contribution in [1.29, 1.82) is 0 Å². The maximum atomic E-state index is 11.7. The fraction of sp³-hybridized carbons (Fsp3) is 0.636. The summed E-state index contributed by atoms with van der Waals surface area (Å²) in [5.41, 5.74) is 4.90. The summed E-state index contributed by atoms with van der Waals surface area (Å²) in [4.78, 5) is 26.2. The number of aromatic nitrogens is 2. The SMILES string of the molecule is NC(=O)COCCNC(=O)c1noc(C2CCCN2)n1. The van der Waals surface area contributed by atoms with Gasteiger partial charge in [-0.15, -0.1) is 0 Å². The Hall–Kier alpha value is -2.00. The van der Waals surface area contributed by atoms with Crippen LogP contribution in [0.3, 0.4) is 0 Å². The number of carbonyl (C=O) groups excluding carboxylic acids is 2. The molecular weight excluding hydrogens is 266 g/mol. The third-order valence-electron chi connectivity index (χ3n) is 2.78.